The molecule has 0 heterocycles. The molecule has 0 atom stereocenters. The van der Waals surface area contributed by atoms with Crippen molar-refractivity contribution in [3.05, 3.63) is 23.2 Å². The minimum Gasteiger partial charge on any atom is -0.506 e. The van der Waals surface area contributed by atoms with E-state index >= 15 is 0 Å². The Morgan fingerprint density at radius 2 is 1.94 bits per heavy atom. The third-order valence-corrected chi connectivity index (χ3v) is 4.23. The molecular formula is C10H15ClN2O3S. The van der Waals surface area contributed by atoms with E-state index in [1.54, 1.807) is 13.8 Å². The quantitative estimate of drug-likeness (QED) is 0.810. The highest BCUT2D eigenvalue weighted by molar-refractivity contribution is 7.90. The van der Waals surface area contributed by atoms with Gasteiger partial charge in [-0.3, -0.25) is 4.72 Å². The predicted molar refractivity (Wildman–Crippen MR) is 68.6 cm³/mol. The fourth-order valence-electron chi connectivity index (χ4n) is 1.35. The molecule has 0 amide bonds. The van der Waals surface area contributed by atoms with Gasteiger partial charge >= 0.3 is 10.2 Å². The topological polar surface area (TPSA) is 69.6 Å². The Bertz CT molecular complexity index is 486. The van der Waals surface area contributed by atoms with Gasteiger partial charge in [0.2, 0.25) is 0 Å². The van der Waals surface area contributed by atoms with E-state index in [1.807, 2.05) is 0 Å². The van der Waals surface area contributed by atoms with Crippen molar-refractivity contribution in [2.75, 3.05) is 17.8 Å². The SMILES string of the molecule is CCN(CC)S(=O)(=O)Nc1ccc(O)c(Cl)c1. The molecule has 1 rings (SSSR count). The Morgan fingerprint density at radius 1 is 1.35 bits per heavy atom. The van der Waals surface area contributed by atoms with Crippen molar-refractivity contribution in [3.63, 3.8) is 0 Å². The van der Waals surface area contributed by atoms with Gasteiger partial charge in [-0.25, -0.2) is 0 Å². The van der Waals surface area contributed by atoms with Gasteiger partial charge in [-0.1, -0.05) is 25.4 Å². The molecule has 0 radical (unpaired) electrons. The lowest BCUT2D eigenvalue weighted by molar-refractivity contribution is 0.449. The maximum atomic E-state index is 11.9. The van der Waals surface area contributed by atoms with Crippen LogP contribution < -0.4 is 4.72 Å². The zero-order valence-corrected chi connectivity index (χ0v) is 11.2. The number of hydrogen-bond acceptors (Lipinski definition) is 3. The van der Waals surface area contributed by atoms with Crippen LogP contribution in [-0.2, 0) is 10.2 Å². The maximum absolute atomic E-state index is 11.9. The van der Waals surface area contributed by atoms with Gasteiger partial charge in [0.1, 0.15) is 5.75 Å². The van der Waals surface area contributed by atoms with E-state index < -0.39 is 10.2 Å². The second kappa shape index (κ2) is 5.57. The first-order chi connectivity index (χ1) is 7.90. The maximum Gasteiger partial charge on any atom is 0.301 e. The lowest BCUT2D eigenvalue weighted by Gasteiger charge is -2.19. The van der Waals surface area contributed by atoms with E-state index in [2.05, 4.69) is 4.72 Å². The summed E-state index contributed by atoms with van der Waals surface area (Å²) >= 11 is 5.69. The highest BCUT2D eigenvalue weighted by Gasteiger charge is 2.18. The van der Waals surface area contributed by atoms with E-state index in [-0.39, 0.29) is 10.8 Å². The lowest BCUT2D eigenvalue weighted by Crippen LogP contribution is -2.35. The van der Waals surface area contributed by atoms with Crippen molar-refractivity contribution in [1.82, 2.24) is 4.31 Å². The highest BCUT2D eigenvalue weighted by Crippen LogP contribution is 2.26. The Hall–Kier alpha value is -0.980. The second-order valence-corrected chi connectivity index (χ2v) is 5.44. The fraction of sp³-hybridized carbons (Fsp3) is 0.400. The van der Waals surface area contributed by atoms with Crippen LogP contribution in [0.15, 0.2) is 18.2 Å². The molecular weight excluding hydrogens is 264 g/mol. The molecule has 0 aliphatic heterocycles. The first-order valence-corrected chi connectivity index (χ1v) is 6.99. The third-order valence-electron chi connectivity index (χ3n) is 2.24. The molecule has 0 aliphatic rings. The van der Waals surface area contributed by atoms with Crippen molar-refractivity contribution in [2.24, 2.45) is 0 Å². The zero-order chi connectivity index (χ0) is 13.1. The number of aromatic hydroxyl groups is 1. The Balaban J connectivity index is 2.94. The molecule has 96 valence electrons. The molecule has 2 N–H and O–H groups in total. The molecule has 0 aliphatic carbocycles. The Kier molecular flexibility index (Phi) is 4.62. The van der Waals surface area contributed by atoms with Crippen LogP contribution in [0, 0.1) is 0 Å². The van der Waals surface area contributed by atoms with Gasteiger partial charge in [0.25, 0.3) is 0 Å². The molecule has 0 spiro atoms. The van der Waals surface area contributed by atoms with Crippen molar-refractivity contribution < 1.29 is 13.5 Å². The summed E-state index contributed by atoms with van der Waals surface area (Å²) in [6, 6.07) is 4.14. The molecule has 7 heteroatoms. The van der Waals surface area contributed by atoms with Gasteiger partial charge in [-0.15, -0.1) is 0 Å². The van der Waals surface area contributed by atoms with Crippen molar-refractivity contribution >= 4 is 27.5 Å². The molecule has 5 nitrogen and oxygen atoms in total. The van der Waals surface area contributed by atoms with Gasteiger partial charge in [-0.05, 0) is 18.2 Å². The summed E-state index contributed by atoms with van der Waals surface area (Å²) in [6.45, 7) is 4.29. The third kappa shape index (κ3) is 3.49. The zero-order valence-electron chi connectivity index (χ0n) is 9.64. The monoisotopic (exact) mass is 278 g/mol. The van der Waals surface area contributed by atoms with Gasteiger partial charge in [0.15, 0.2) is 0 Å². The van der Waals surface area contributed by atoms with Crippen molar-refractivity contribution in [1.29, 1.82) is 0 Å². The second-order valence-electron chi connectivity index (χ2n) is 3.36. The number of phenols is 1. The smallest absolute Gasteiger partial charge is 0.301 e. The summed E-state index contributed by atoms with van der Waals surface area (Å²) in [6.07, 6.45) is 0. The molecule has 0 bridgehead atoms. The van der Waals surface area contributed by atoms with E-state index in [9.17, 15) is 13.5 Å². The number of phenolic OH excluding ortho intramolecular Hbond substituents is 1. The molecule has 0 saturated heterocycles. The number of hydrogen-bond donors (Lipinski definition) is 2. The van der Waals surface area contributed by atoms with Crippen LogP contribution in [0.1, 0.15) is 13.8 Å². The molecule has 0 aromatic heterocycles. The number of nitrogens with zero attached hydrogens (tertiary/aromatic N) is 1. The highest BCUT2D eigenvalue weighted by atomic mass is 35.5. The van der Waals surface area contributed by atoms with Crippen LogP contribution in [0.25, 0.3) is 0 Å². The number of rotatable bonds is 5. The lowest BCUT2D eigenvalue weighted by atomic mass is 10.3. The van der Waals surface area contributed by atoms with Crippen LogP contribution >= 0.6 is 11.6 Å². The normalized spacial score (nSPS) is 11.8. The largest absolute Gasteiger partial charge is 0.506 e. The average molecular weight is 279 g/mol. The van der Waals surface area contributed by atoms with Gasteiger partial charge < -0.3 is 5.11 Å². The summed E-state index contributed by atoms with van der Waals surface area (Å²) in [5.41, 5.74) is 0.319. The number of halogens is 1. The van der Waals surface area contributed by atoms with Crippen molar-refractivity contribution in [3.8, 4) is 5.75 Å². The van der Waals surface area contributed by atoms with Crippen LogP contribution in [-0.4, -0.2) is 30.9 Å². The van der Waals surface area contributed by atoms with Gasteiger partial charge in [0, 0.05) is 13.1 Å². The molecule has 1 aromatic rings. The summed E-state index contributed by atoms with van der Waals surface area (Å²) < 4.78 is 27.4. The predicted octanol–water partition coefficient (Wildman–Crippen LogP) is 2.04. The van der Waals surface area contributed by atoms with Gasteiger partial charge in [-0.2, -0.15) is 12.7 Å². The Labute approximate surface area is 106 Å². The molecule has 0 fully saturated rings. The van der Waals surface area contributed by atoms with E-state index in [0.29, 0.717) is 18.8 Å². The number of benzene rings is 1. The van der Waals surface area contributed by atoms with Crippen molar-refractivity contribution in [2.45, 2.75) is 13.8 Å². The minimum atomic E-state index is -3.56. The average Bonchev–Trinajstić information content (AvgIpc) is 2.24. The van der Waals surface area contributed by atoms with Crippen LogP contribution in [0.3, 0.4) is 0 Å². The van der Waals surface area contributed by atoms with E-state index in [0.717, 1.165) is 0 Å². The number of nitrogens with one attached hydrogen (secondary N) is 1. The standard InChI is InChI=1S/C10H15ClN2O3S/c1-3-13(4-2)17(15,16)12-8-5-6-10(14)9(11)7-8/h5-7,12,14H,3-4H2,1-2H3. The van der Waals surface area contributed by atoms with Gasteiger partial charge in [0.05, 0.1) is 10.7 Å². The van der Waals surface area contributed by atoms with E-state index in [4.69, 9.17) is 11.6 Å². The van der Waals surface area contributed by atoms with E-state index in [1.165, 1.54) is 22.5 Å². The van der Waals surface area contributed by atoms with Crippen LogP contribution in [0.5, 0.6) is 5.75 Å². The molecule has 17 heavy (non-hydrogen) atoms. The summed E-state index contributed by atoms with van der Waals surface area (Å²) in [4.78, 5) is 0. The summed E-state index contributed by atoms with van der Waals surface area (Å²) in [5, 5.41) is 9.33. The summed E-state index contributed by atoms with van der Waals surface area (Å²) in [5.74, 6) is -0.0857. The summed E-state index contributed by atoms with van der Waals surface area (Å²) in [7, 11) is -3.56. The molecule has 0 unspecified atom stereocenters. The minimum absolute atomic E-state index is 0.0857. The molecule has 1 aromatic carbocycles. The van der Waals surface area contributed by atoms with Crippen LogP contribution in [0.4, 0.5) is 5.69 Å². The first kappa shape index (κ1) is 14.1. The number of anilines is 1. The fourth-order valence-corrected chi connectivity index (χ4v) is 2.76. The van der Waals surface area contributed by atoms with Crippen LogP contribution in [0.2, 0.25) is 5.02 Å². The first-order valence-electron chi connectivity index (χ1n) is 5.17. The molecule has 0 saturated carbocycles. The Morgan fingerprint density at radius 3 is 2.41 bits per heavy atom.